The Labute approximate surface area is 165 Å². The molecule has 1 heterocycles. The second-order valence-corrected chi connectivity index (χ2v) is 7.24. The Morgan fingerprint density at radius 2 is 1.85 bits per heavy atom. The molecule has 0 atom stereocenters. The van der Waals surface area contributed by atoms with E-state index in [1.807, 2.05) is 6.92 Å². The number of aromatic nitrogens is 4. The number of hydrogen-bond donors (Lipinski definition) is 0. The first-order valence-electron chi connectivity index (χ1n) is 8.73. The molecule has 1 aliphatic rings. The van der Waals surface area contributed by atoms with Crippen molar-refractivity contribution in [1.82, 2.24) is 24.7 Å². The monoisotopic (exact) mass is 411 g/mol. The van der Waals surface area contributed by atoms with Crippen LogP contribution < -0.4 is 5.69 Å². The quantitative estimate of drug-likeness (QED) is 0.569. The van der Waals surface area contributed by atoms with Crippen molar-refractivity contribution < 1.29 is 9.59 Å². The van der Waals surface area contributed by atoms with Gasteiger partial charge in [-0.25, -0.2) is 9.59 Å². The zero-order chi connectivity index (χ0) is 19.6. The molecule has 1 aromatic carbocycles. The first kappa shape index (κ1) is 19.6. The summed E-state index contributed by atoms with van der Waals surface area (Å²) in [5.74, 6) is 0.0426. The fraction of sp³-hybridized carbons (Fsp3) is 0.471. The Hall–Kier alpha value is -2.19. The minimum Gasteiger partial charge on any atom is -0.320 e. The number of para-hydroxylation sites is 1. The molecule has 1 aromatic heterocycles. The summed E-state index contributed by atoms with van der Waals surface area (Å²) in [6.07, 6.45) is 3.85. The standard InChI is InChI=1S/C17H19Cl2N5O3/c1-2-22(12-8-6-11(10-25)7-9-12)16(26)24-17(27)23(20-21-24)15-13(18)4-3-5-14(15)19/h3-5,10-12H,2,6-9H2,1H3. The summed E-state index contributed by atoms with van der Waals surface area (Å²) in [7, 11) is 0. The number of halogens is 2. The van der Waals surface area contributed by atoms with Gasteiger partial charge in [-0.1, -0.05) is 29.3 Å². The number of hydrogen-bond acceptors (Lipinski definition) is 5. The van der Waals surface area contributed by atoms with Gasteiger partial charge < -0.3 is 9.69 Å². The molecular weight excluding hydrogens is 393 g/mol. The van der Waals surface area contributed by atoms with E-state index < -0.39 is 11.7 Å². The molecule has 1 fully saturated rings. The van der Waals surface area contributed by atoms with Gasteiger partial charge in [0.05, 0.1) is 10.0 Å². The lowest BCUT2D eigenvalue weighted by atomic mass is 9.86. The maximum Gasteiger partial charge on any atom is 0.377 e. The van der Waals surface area contributed by atoms with Gasteiger partial charge in [0.25, 0.3) is 0 Å². The number of tetrazole rings is 1. The fourth-order valence-electron chi connectivity index (χ4n) is 3.42. The van der Waals surface area contributed by atoms with Gasteiger partial charge in [0, 0.05) is 18.5 Å². The van der Waals surface area contributed by atoms with Crippen LogP contribution >= 0.6 is 23.2 Å². The molecule has 0 spiro atoms. The van der Waals surface area contributed by atoms with Gasteiger partial charge in [-0.3, -0.25) is 0 Å². The summed E-state index contributed by atoms with van der Waals surface area (Å²) >= 11 is 12.2. The van der Waals surface area contributed by atoms with E-state index in [0.29, 0.717) is 19.4 Å². The highest BCUT2D eigenvalue weighted by Gasteiger charge is 2.30. The summed E-state index contributed by atoms with van der Waals surface area (Å²) in [4.78, 5) is 38.1. The Morgan fingerprint density at radius 3 is 2.41 bits per heavy atom. The van der Waals surface area contributed by atoms with Crippen LogP contribution in [0.1, 0.15) is 32.6 Å². The highest BCUT2D eigenvalue weighted by molar-refractivity contribution is 6.37. The van der Waals surface area contributed by atoms with Gasteiger partial charge in [0.2, 0.25) is 0 Å². The molecule has 1 amide bonds. The average molecular weight is 412 g/mol. The third kappa shape index (κ3) is 3.77. The Kier molecular flexibility index (Phi) is 5.96. The summed E-state index contributed by atoms with van der Waals surface area (Å²) in [5, 5.41) is 7.94. The molecule has 0 radical (unpaired) electrons. The lowest BCUT2D eigenvalue weighted by molar-refractivity contribution is -0.112. The van der Waals surface area contributed by atoms with E-state index in [1.165, 1.54) is 0 Å². The van der Waals surface area contributed by atoms with Crippen LogP contribution in [0.2, 0.25) is 10.0 Å². The van der Waals surface area contributed by atoms with Gasteiger partial charge >= 0.3 is 11.7 Å². The van der Waals surface area contributed by atoms with E-state index >= 15 is 0 Å². The van der Waals surface area contributed by atoms with Crippen LogP contribution in [-0.2, 0) is 4.79 Å². The third-order valence-electron chi connectivity index (χ3n) is 4.87. The van der Waals surface area contributed by atoms with Crippen molar-refractivity contribution in [3.63, 3.8) is 0 Å². The van der Waals surface area contributed by atoms with Crippen LogP contribution in [0.15, 0.2) is 23.0 Å². The summed E-state index contributed by atoms with van der Waals surface area (Å²) in [6.45, 7) is 2.26. The molecule has 0 unspecified atom stereocenters. The number of aldehydes is 1. The lowest BCUT2D eigenvalue weighted by Crippen LogP contribution is -2.47. The third-order valence-corrected chi connectivity index (χ3v) is 5.48. The molecule has 0 aliphatic heterocycles. The van der Waals surface area contributed by atoms with E-state index in [0.717, 1.165) is 28.5 Å². The van der Waals surface area contributed by atoms with Crippen molar-refractivity contribution in [2.24, 2.45) is 5.92 Å². The van der Waals surface area contributed by atoms with Crippen LogP contribution in [0.25, 0.3) is 5.69 Å². The summed E-state index contributed by atoms with van der Waals surface area (Å²) in [6, 6.07) is 4.19. The number of benzene rings is 1. The number of amides is 1. The van der Waals surface area contributed by atoms with E-state index in [9.17, 15) is 14.4 Å². The van der Waals surface area contributed by atoms with Crippen molar-refractivity contribution in [1.29, 1.82) is 0 Å². The van der Waals surface area contributed by atoms with Crippen molar-refractivity contribution in [3.05, 3.63) is 38.7 Å². The van der Waals surface area contributed by atoms with Crippen LogP contribution in [-0.4, -0.2) is 49.6 Å². The first-order valence-corrected chi connectivity index (χ1v) is 9.49. The van der Waals surface area contributed by atoms with Crippen molar-refractivity contribution >= 4 is 35.5 Å². The normalized spacial score (nSPS) is 19.7. The SMILES string of the molecule is CCN(C(=O)n1nnn(-c2c(Cl)cccc2Cl)c1=O)C1CCC(C=O)CC1. The van der Waals surface area contributed by atoms with Crippen LogP contribution in [0.3, 0.4) is 0 Å². The molecule has 10 heteroatoms. The number of carbonyl (C=O) groups excluding carboxylic acids is 2. The summed E-state index contributed by atoms with van der Waals surface area (Å²) in [5.41, 5.74) is -0.561. The summed E-state index contributed by atoms with van der Waals surface area (Å²) < 4.78 is 1.63. The van der Waals surface area contributed by atoms with Crippen LogP contribution in [0, 0.1) is 5.92 Å². The largest absolute Gasteiger partial charge is 0.377 e. The molecular formula is C17H19Cl2N5O3. The molecule has 1 aliphatic carbocycles. The second kappa shape index (κ2) is 8.22. The number of rotatable bonds is 4. The maximum atomic E-state index is 12.9. The molecule has 144 valence electrons. The Morgan fingerprint density at radius 1 is 1.22 bits per heavy atom. The molecule has 8 nitrogen and oxygen atoms in total. The predicted molar refractivity (Wildman–Crippen MR) is 101 cm³/mol. The zero-order valence-electron chi connectivity index (χ0n) is 14.7. The smallest absolute Gasteiger partial charge is 0.320 e. The topological polar surface area (TPSA) is 90.1 Å². The van der Waals surface area contributed by atoms with Gasteiger partial charge in [0.15, 0.2) is 0 Å². The van der Waals surface area contributed by atoms with Crippen LogP contribution in [0.5, 0.6) is 0 Å². The molecule has 2 aromatic rings. The highest BCUT2D eigenvalue weighted by Crippen LogP contribution is 2.27. The Bertz CT molecular complexity index is 882. The van der Waals surface area contributed by atoms with E-state index in [-0.39, 0.29) is 27.7 Å². The van der Waals surface area contributed by atoms with Crippen molar-refractivity contribution in [3.8, 4) is 5.69 Å². The minimum atomic E-state index is -0.741. The van der Waals surface area contributed by atoms with Crippen LogP contribution in [0.4, 0.5) is 4.79 Å². The average Bonchev–Trinajstić information content (AvgIpc) is 3.04. The molecule has 1 saturated carbocycles. The molecule has 0 bridgehead atoms. The minimum absolute atomic E-state index is 0.0420. The van der Waals surface area contributed by atoms with Gasteiger partial charge in [-0.15, -0.1) is 4.68 Å². The van der Waals surface area contributed by atoms with Crippen molar-refractivity contribution in [2.45, 2.75) is 38.6 Å². The maximum absolute atomic E-state index is 12.9. The molecule has 27 heavy (non-hydrogen) atoms. The fourth-order valence-corrected chi connectivity index (χ4v) is 3.98. The number of nitrogens with zero attached hydrogens (tertiary/aromatic N) is 5. The lowest BCUT2D eigenvalue weighted by Gasteiger charge is -2.34. The van der Waals surface area contributed by atoms with Gasteiger partial charge in [-0.05, 0) is 55.2 Å². The van der Waals surface area contributed by atoms with E-state index in [1.54, 1.807) is 23.1 Å². The molecule has 3 rings (SSSR count). The highest BCUT2D eigenvalue weighted by atomic mass is 35.5. The van der Waals surface area contributed by atoms with E-state index in [2.05, 4.69) is 10.4 Å². The molecule has 0 saturated heterocycles. The molecule has 0 N–H and O–H groups in total. The Balaban J connectivity index is 1.88. The second-order valence-electron chi connectivity index (χ2n) is 6.43. The first-order chi connectivity index (χ1) is 13.0. The predicted octanol–water partition coefficient (Wildman–Crippen LogP) is 2.78. The van der Waals surface area contributed by atoms with Gasteiger partial charge in [0.1, 0.15) is 12.0 Å². The van der Waals surface area contributed by atoms with Crippen molar-refractivity contribution in [2.75, 3.05) is 6.54 Å². The number of carbonyl (C=O) groups is 2. The van der Waals surface area contributed by atoms with E-state index in [4.69, 9.17) is 23.2 Å². The van der Waals surface area contributed by atoms with Gasteiger partial charge in [-0.2, -0.15) is 4.68 Å². The zero-order valence-corrected chi connectivity index (χ0v) is 16.2.